The first-order valence-electron chi connectivity index (χ1n) is 9.58. The lowest BCUT2D eigenvalue weighted by Gasteiger charge is -2.22. The average molecular weight is 439 g/mol. The van der Waals surface area contributed by atoms with Crippen molar-refractivity contribution in [1.82, 2.24) is 9.55 Å². The summed E-state index contributed by atoms with van der Waals surface area (Å²) in [7, 11) is 0. The zero-order chi connectivity index (χ0) is 21.0. The highest BCUT2D eigenvalue weighted by Gasteiger charge is 2.42. The summed E-state index contributed by atoms with van der Waals surface area (Å²) in [6, 6.07) is 0.123. The fraction of sp³-hybridized carbons (Fsp3) is 0.500. The Labute approximate surface area is 174 Å². The van der Waals surface area contributed by atoms with Gasteiger partial charge in [-0.2, -0.15) is 0 Å². The van der Waals surface area contributed by atoms with Crippen LogP contribution in [0.2, 0.25) is 0 Å². The summed E-state index contributed by atoms with van der Waals surface area (Å²) in [5.41, 5.74) is 5.54. The lowest BCUT2D eigenvalue weighted by atomic mass is 10.2. The number of nitrogens with two attached hydrogens (primary N) is 1. The van der Waals surface area contributed by atoms with Gasteiger partial charge in [0.25, 0.3) is 6.43 Å². The molecule has 0 aromatic carbocycles. The van der Waals surface area contributed by atoms with Crippen molar-refractivity contribution in [1.29, 1.82) is 0 Å². The van der Waals surface area contributed by atoms with Gasteiger partial charge < -0.3 is 24.7 Å². The molecule has 2 saturated heterocycles. The van der Waals surface area contributed by atoms with Crippen LogP contribution in [0.1, 0.15) is 12.8 Å². The van der Waals surface area contributed by atoms with Crippen LogP contribution in [0, 0.1) is 0 Å². The fourth-order valence-electron chi connectivity index (χ4n) is 4.10. The number of hydrogen-bond donors (Lipinski definition) is 1. The van der Waals surface area contributed by atoms with Crippen LogP contribution in [0.15, 0.2) is 12.3 Å². The molecule has 9 nitrogen and oxygen atoms in total. The minimum Gasteiger partial charge on any atom is -0.490 e. The number of hydrogen-bond acceptors (Lipinski definition) is 7. The molecule has 0 bridgehead atoms. The van der Waals surface area contributed by atoms with Gasteiger partial charge in [-0.3, -0.25) is 4.79 Å². The van der Waals surface area contributed by atoms with Crippen molar-refractivity contribution in [2.24, 2.45) is 5.73 Å². The molecule has 160 valence electrons. The smallest absolute Gasteiger partial charge is 0.416 e. The van der Waals surface area contributed by atoms with Gasteiger partial charge in [0.05, 0.1) is 11.5 Å². The number of thiophene rings is 1. The summed E-state index contributed by atoms with van der Waals surface area (Å²) in [5.74, 6) is 0.884. The van der Waals surface area contributed by atoms with Gasteiger partial charge in [0, 0.05) is 18.8 Å². The first-order chi connectivity index (χ1) is 14.4. The quantitative estimate of drug-likeness (QED) is 0.782. The highest BCUT2D eigenvalue weighted by molar-refractivity contribution is 7.19. The Morgan fingerprint density at radius 3 is 2.93 bits per heavy atom. The molecule has 5 rings (SSSR count). The maximum atomic E-state index is 13.3. The van der Waals surface area contributed by atoms with E-state index in [2.05, 4.69) is 4.98 Å². The lowest BCUT2D eigenvalue weighted by Crippen LogP contribution is -2.39. The number of rotatable bonds is 4. The number of amides is 2. The van der Waals surface area contributed by atoms with Gasteiger partial charge in [0.15, 0.2) is 11.6 Å². The number of aromatic nitrogens is 2. The third-order valence-electron chi connectivity index (χ3n) is 5.55. The van der Waals surface area contributed by atoms with E-state index in [1.54, 1.807) is 10.8 Å². The van der Waals surface area contributed by atoms with E-state index in [0.29, 0.717) is 42.6 Å². The molecule has 3 aliphatic heterocycles. The Hall–Kier alpha value is -2.89. The van der Waals surface area contributed by atoms with Crippen molar-refractivity contribution in [3.8, 4) is 16.5 Å². The molecule has 2 fully saturated rings. The number of cyclic esters (lactones) is 1. The minimum atomic E-state index is -2.74. The van der Waals surface area contributed by atoms with Crippen molar-refractivity contribution in [3.05, 3.63) is 12.3 Å². The standard InChI is InChI=1S/C18H19F2N5O4S/c19-15(20)10-8-29-18(27)25(10)12-7-23-4-5-28-11-6-13(30-14(11)17(23)22-12)24-3-1-2-9(24)16(21)26/h6-7,9-10,15H,1-5,8H2,(H2,21,26)/t9-,10-/m0/s1. The second kappa shape index (κ2) is 7.11. The van der Waals surface area contributed by atoms with E-state index in [1.165, 1.54) is 11.3 Å². The summed E-state index contributed by atoms with van der Waals surface area (Å²) in [4.78, 5) is 31.9. The number of halogens is 2. The van der Waals surface area contributed by atoms with Gasteiger partial charge in [-0.1, -0.05) is 0 Å². The number of imidazole rings is 1. The number of primary amides is 1. The highest BCUT2D eigenvalue weighted by atomic mass is 32.1. The number of carbonyl (C=O) groups excluding carboxylic acids is 2. The minimum absolute atomic E-state index is 0.122. The highest BCUT2D eigenvalue weighted by Crippen LogP contribution is 2.46. The van der Waals surface area contributed by atoms with Crippen LogP contribution in [-0.4, -0.2) is 59.8 Å². The maximum Gasteiger partial charge on any atom is 0.416 e. The van der Waals surface area contributed by atoms with Crippen LogP contribution in [0.5, 0.6) is 5.75 Å². The van der Waals surface area contributed by atoms with Gasteiger partial charge in [0.1, 0.15) is 35.9 Å². The fourth-order valence-corrected chi connectivity index (χ4v) is 5.29. The second-order valence-corrected chi connectivity index (χ2v) is 8.38. The summed E-state index contributed by atoms with van der Waals surface area (Å²) in [5, 5.41) is 0.838. The number of ether oxygens (including phenoxy) is 2. The molecule has 30 heavy (non-hydrogen) atoms. The molecule has 2 atom stereocenters. The number of fused-ring (bicyclic) bond motifs is 3. The van der Waals surface area contributed by atoms with E-state index in [0.717, 1.165) is 16.3 Å². The van der Waals surface area contributed by atoms with Gasteiger partial charge in [0.2, 0.25) is 5.91 Å². The van der Waals surface area contributed by atoms with Crippen LogP contribution in [0.3, 0.4) is 0 Å². The SMILES string of the molecule is NC(=O)[C@@H]1CCCN1c1cc2c(s1)-c1nc(N3C(=O)OC[C@H]3C(F)F)cn1CCO2. The third-order valence-corrected chi connectivity index (χ3v) is 6.70. The molecule has 5 heterocycles. The van der Waals surface area contributed by atoms with Crippen LogP contribution >= 0.6 is 11.3 Å². The largest absolute Gasteiger partial charge is 0.490 e. The Bertz CT molecular complexity index is 1010. The summed E-state index contributed by atoms with van der Waals surface area (Å²) < 4.78 is 39.1. The van der Waals surface area contributed by atoms with E-state index in [9.17, 15) is 18.4 Å². The Morgan fingerprint density at radius 1 is 1.33 bits per heavy atom. The normalized spacial score (nSPS) is 23.2. The van der Waals surface area contributed by atoms with E-state index in [-0.39, 0.29) is 24.4 Å². The first-order valence-corrected chi connectivity index (χ1v) is 10.4. The van der Waals surface area contributed by atoms with Crippen LogP contribution in [0.25, 0.3) is 10.7 Å². The molecular formula is C18H19F2N5O4S. The molecule has 0 spiro atoms. The van der Waals surface area contributed by atoms with Crippen LogP contribution in [-0.2, 0) is 16.1 Å². The second-order valence-electron chi connectivity index (χ2n) is 7.35. The van der Waals surface area contributed by atoms with Crippen molar-refractivity contribution in [2.45, 2.75) is 37.9 Å². The van der Waals surface area contributed by atoms with E-state index < -0.39 is 18.6 Å². The van der Waals surface area contributed by atoms with E-state index >= 15 is 0 Å². The molecule has 2 aromatic rings. The molecule has 0 radical (unpaired) electrons. The van der Waals surface area contributed by atoms with Gasteiger partial charge >= 0.3 is 6.09 Å². The van der Waals surface area contributed by atoms with Crippen molar-refractivity contribution >= 4 is 34.2 Å². The molecule has 2 amide bonds. The topological polar surface area (TPSA) is 103 Å². The van der Waals surface area contributed by atoms with E-state index in [1.807, 2.05) is 11.0 Å². The van der Waals surface area contributed by atoms with Crippen LogP contribution < -0.4 is 20.3 Å². The molecule has 0 saturated carbocycles. The predicted molar refractivity (Wildman–Crippen MR) is 104 cm³/mol. The van der Waals surface area contributed by atoms with Gasteiger partial charge in [-0.25, -0.2) is 23.5 Å². The lowest BCUT2D eigenvalue weighted by molar-refractivity contribution is -0.119. The molecule has 12 heteroatoms. The van der Waals surface area contributed by atoms with Crippen molar-refractivity contribution < 1.29 is 27.8 Å². The number of nitrogens with zero attached hydrogens (tertiary/aromatic N) is 4. The van der Waals surface area contributed by atoms with Gasteiger partial charge in [-0.05, 0) is 12.8 Å². The molecule has 2 N–H and O–H groups in total. The van der Waals surface area contributed by atoms with Gasteiger partial charge in [-0.15, -0.1) is 11.3 Å². The molecule has 0 unspecified atom stereocenters. The third kappa shape index (κ3) is 2.97. The zero-order valence-corrected chi connectivity index (χ0v) is 16.6. The summed E-state index contributed by atoms with van der Waals surface area (Å²) in [6.45, 7) is 1.14. The van der Waals surface area contributed by atoms with Crippen molar-refractivity contribution in [3.63, 3.8) is 0 Å². The molecular weight excluding hydrogens is 420 g/mol. The number of alkyl halides is 2. The Balaban J connectivity index is 1.52. The molecule has 2 aromatic heterocycles. The zero-order valence-electron chi connectivity index (χ0n) is 15.8. The summed E-state index contributed by atoms with van der Waals surface area (Å²) >= 11 is 1.40. The van der Waals surface area contributed by atoms with E-state index in [4.69, 9.17) is 15.2 Å². The Kier molecular flexibility index (Phi) is 4.53. The van der Waals surface area contributed by atoms with Crippen LogP contribution in [0.4, 0.5) is 24.4 Å². The maximum absolute atomic E-state index is 13.3. The number of anilines is 2. The predicted octanol–water partition coefficient (Wildman–Crippen LogP) is 2.05. The number of carbonyl (C=O) groups is 2. The molecule has 3 aliphatic rings. The first kappa shape index (κ1) is 19.1. The molecule has 0 aliphatic carbocycles. The average Bonchev–Trinajstić information content (AvgIpc) is 3.45. The monoisotopic (exact) mass is 439 g/mol. The Morgan fingerprint density at radius 2 is 2.17 bits per heavy atom. The van der Waals surface area contributed by atoms with Crippen molar-refractivity contribution in [2.75, 3.05) is 29.6 Å². The summed E-state index contributed by atoms with van der Waals surface area (Å²) in [6.07, 6.45) is -0.452.